The molecule has 7 nitrogen and oxygen atoms in total. The highest BCUT2D eigenvalue weighted by atomic mass is 35.5. The molecule has 30 heavy (non-hydrogen) atoms. The Kier molecular flexibility index (Phi) is 8.38. The number of aliphatic hydroxyl groups excluding tert-OH is 1. The van der Waals surface area contributed by atoms with Crippen molar-refractivity contribution in [3.05, 3.63) is 50.8 Å². The predicted octanol–water partition coefficient (Wildman–Crippen LogP) is 3.15. The first kappa shape index (κ1) is 22.9. The Hall–Kier alpha value is -1.81. The van der Waals surface area contributed by atoms with Gasteiger partial charge in [0.05, 0.1) is 31.2 Å². The molecule has 0 aliphatic rings. The molecule has 9 heteroatoms. The van der Waals surface area contributed by atoms with Crippen LogP contribution in [0.3, 0.4) is 0 Å². The van der Waals surface area contributed by atoms with E-state index < -0.39 is 6.10 Å². The SMILES string of the molecule is CCOCC(O)CN(CCOC)Cc1nc2scc(-c3ccc(Cl)cc3)c2c(=O)[nH]1. The molecule has 0 aliphatic carbocycles. The third kappa shape index (κ3) is 5.87. The standard InChI is InChI=1S/C21H26ClN3O4S/c1-3-29-12-16(26)10-25(8-9-28-2)11-18-23-20(27)19-17(13-30-21(19)24-18)14-4-6-15(22)7-5-14/h4-7,13,16,26H,3,8-12H2,1-2H3,(H,23,24,27). The van der Waals surface area contributed by atoms with Gasteiger partial charge in [0.2, 0.25) is 0 Å². The van der Waals surface area contributed by atoms with Gasteiger partial charge in [0.25, 0.3) is 5.56 Å². The summed E-state index contributed by atoms with van der Waals surface area (Å²) in [5.41, 5.74) is 1.59. The average molecular weight is 452 g/mol. The number of hydrogen-bond donors (Lipinski definition) is 2. The number of ether oxygens (including phenoxy) is 2. The fourth-order valence-electron chi connectivity index (χ4n) is 3.18. The number of aromatic nitrogens is 2. The maximum Gasteiger partial charge on any atom is 0.260 e. The Morgan fingerprint density at radius 2 is 2.10 bits per heavy atom. The third-order valence-electron chi connectivity index (χ3n) is 4.62. The van der Waals surface area contributed by atoms with Gasteiger partial charge in [-0.2, -0.15) is 0 Å². The topological polar surface area (TPSA) is 87.7 Å². The van der Waals surface area contributed by atoms with E-state index in [1.165, 1.54) is 11.3 Å². The number of H-pyrrole nitrogens is 1. The summed E-state index contributed by atoms with van der Waals surface area (Å²) in [7, 11) is 1.63. The maximum atomic E-state index is 12.9. The number of thiophene rings is 1. The third-order valence-corrected chi connectivity index (χ3v) is 5.74. The number of fused-ring (bicyclic) bond motifs is 1. The van der Waals surface area contributed by atoms with E-state index in [1.807, 2.05) is 29.3 Å². The summed E-state index contributed by atoms with van der Waals surface area (Å²) < 4.78 is 10.5. The average Bonchev–Trinajstić information content (AvgIpc) is 3.15. The van der Waals surface area contributed by atoms with Crippen LogP contribution in [-0.4, -0.2) is 66.1 Å². The van der Waals surface area contributed by atoms with Crippen molar-refractivity contribution in [2.24, 2.45) is 0 Å². The number of nitrogens with zero attached hydrogens (tertiary/aromatic N) is 2. The zero-order valence-corrected chi connectivity index (χ0v) is 18.6. The van der Waals surface area contributed by atoms with Crippen molar-refractivity contribution in [2.75, 3.05) is 40.0 Å². The van der Waals surface area contributed by atoms with Crippen LogP contribution < -0.4 is 5.56 Å². The van der Waals surface area contributed by atoms with Gasteiger partial charge in [-0.05, 0) is 24.6 Å². The second-order valence-electron chi connectivity index (χ2n) is 6.89. The van der Waals surface area contributed by atoms with E-state index in [0.717, 1.165) is 11.1 Å². The molecular weight excluding hydrogens is 426 g/mol. The lowest BCUT2D eigenvalue weighted by Crippen LogP contribution is -2.37. The molecule has 0 spiro atoms. The minimum absolute atomic E-state index is 0.178. The van der Waals surface area contributed by atoms with Gasteiger partial charge in [-0.15, -0.1) is 11.3 Å². The quantitative estimate of drug-likeness (QED) is 0.465. The van der Waals surface area contributed by atoms with Crippen LogP contribution in [0.25, 0.3) is 21.3 Å². The fourth-order valence-corrected chi connectivity index (χ4v) is 4.27. The molecule has 0 saturated carbocycles. The normalized spacial score (nSPS) is 12.7. The molecule has 0 fully saturated rings. The van der Waals surface area contributed by atoms with Crippen molar-refractivity contribution in [3.63, 3.8) is 0 Å². The van der Waals surface area contributed by atoms with Crippen molar-refractivity contribution >= 4 is 33.2 Å². The molecule has 2 aromatic heterocycles. The van der Waals surface area contributed by atoms with Gasteiger partial charge in [-0.3, -0.25) is 9.69 Å². The van der Waals surface area contributed by atoms with Gasteiger partial charge in [0.15, 0.2) is 0 Å². The van der Waals surface area contributed by atoms with Gasteiger partial charge in [0.1, 0.15) is 10.7 Å². The number of rotatable bonds is 11. The molecule has 3 rings (SSSR count). The lowest BCUT2D eigenvalue weighted by atomic mass is 10.1. The highest BCUT2D eigenvalue weighted by Gasteiger charge is 2.17. The molecule has 0 radical (unpaired) electrons. The molecule has 162 valence electrons. The maximum absolute atomic E-state index is 12.9. The molecule has 0 saturated heterocycles. The van der Waals surface area contributed by atoms with Gasteiger partial charge in [-0.25, -0.2) is 4.98 Å². The van der Waals surface area contributed by atoms with Crippen molar-refractivity contribution in [1.29, 1.82) is 0 Å². The molecule has 1 atom stereocenters. The van der Waals surface area contributed by atoms with E-state index in [9.17, 15) is 9.90 Å². The lowest BCUT2D eigenvalue weighted by Gasteiger charge is -2.24. The summed E-state index contributed by atoms with van der Waals surface area (Å²) in [6, 6.07) is 7.39. The molecule has 2 N–H and O–H groups in total. The molecule has 0 aliphatic heterocycles. The van der Waals surface area contributed by atoms with Gasteiger partial charge >= 0.3 is 0 Å². The predicted molar refractivity (Wildman–Crippen MR) is 120 cm³/mol. The summed E-state index contributed by atoms with van der Waals surface area (Å²) in [5, 5.41) is 13.4. The Bertz CT molecular complexity index is 1010. The van der Waals surface area contributed by atoms with Crippen molar-refractivity contribution in [1.82, 2.24) is 14.9 Å². The smallest absolute Gasteiger partial charge is 0.260 e. The molecule has 0 amide bonds. The minimum Gasteiger partial charge on any atom is -0.389 e. The van der Waals surface area contributed by atoms with Crippen LogP contribution in [-0.2, 0) is 16.0 Å². The molecular formula is C21H26ClN3O4S. The minimum atomic E-state index is -0.629. The van der Waals surface area contributed by atoms with Crippen molar-refractivity contribution in [2.45, 2.75) is 19.6 Å². The van der Waals surface area contributed by atoms with Gasteiger partial charge in [0, 0.05) is 42.8 Å². The summed E-state index contributed by atoms with van der Waals surface area (Å²) in [6.07, 6.45) is -0.629. The second-order valence-corrected chi connectivity index (χ2v) is 8.18. The first-order valence-electron chi connectivity index (χ1n) is 9.75. The lowest BCUT2D eigenvalue weighted by molar-refractivity contribution is 0.0144. The molecule has 0 bridgehead atoms. The van der Waals surface area contributed by atoms with E-state index in [1.54, 1.807) is 19.2 Å². The van der Waals surface area contributed by atoms with Crippen LogP contribution in [0.2, 0.25) is 5.02 Å². The Morgan fingerprint density at radius 3 is 2.80 bits per heavy atom. The van der Waals surface area contributed by atoms with E-state index in [2.05, 4.69) is 9.97 Å². The van der Waals surface area contributed by atoms with Crippen molar-refractivity contribution < 1.29 is 14.6 Å². The van der Waals surface area contributed by atoms with E-state index in [-0.39, 0.29) is 12.2 Å². The van der Waals surface area contributed by atoms with Crippen LogP contribution in [0.1, 0.15) is 12.7 Å². The monoisotopic (exact) mass is 451 g/mol. The highest BCUT2D eigenvalue weighted by molar-refractivity contribution is 7.17. The summed E-state index contributed by atoms with van der Waals surface area (Å²) in [4.78, 5) is 23.1. The number of hydrogen-bond acceptors (Lipinski definition) is 7. The Balaban J connectivity index is 1.82. The zero-order chi connectivity index (χ0) is 21.5. The van der Waals surface area contributed by atoms with Crippen molar-refractivity contribution in [3.8, 4) is 11.1 Å². The van der Waals surface area contributed by atoms with Crippen LogP contribution >= 0.6 is 22.9 Å². The second kappa shape index (κ2) is 11.0. The first-order valence-corrected chi connectivity index (χ1v) is 11.0. The van der Waals surface area contributed by atoms with E-state index in [0.29, 0.717) is 53.9 Å². The number of aromatic amines is 1. The van der Waals surface area contributed by atoms with Crippen LogP contribution in [0.4, 0.5) is 0 Å². The highest BCUT2D eigenvalue weighted by Crippen LogP contribution is 2.31. The number of nitrogens with one attached hydrogen (secondary N) is 1. The molecule has 2 heterocycles. The first-order chi connectivity index (χ1) is 14.5. The number of aliphatic hydroxyl groups is 1. The fraction of sp³-hybridized carbons (Fsp3) is 0.429. The van der Waals surface area contributed by atoms with E-state index in [4.69, 9.17) is 21.1 Å². The van der Waals surface area contributed by atoms with Crippen LogP contribution in [0.15, 0.2) is 34.4 Å². The van der Waals surface area contributed by atoms with Gasteiger partial charge < -0.3 is 19.6 Å². The Morgan fingerprint density at radius 1 is 1.33 bits per heavy atom. The Labute approximate surface area is 184 Å². The number of benzene rings is 1. The van der Waals surface area contributed by atoms with Crippen LogP contribution in [0.5, 0.6) is 0 Å². The van der Waals surface area contributed by atoms with Crippen LogP contribution in [0, 0.1) is 0 Å². The number of halogens is 1. The number of methoxy groups -OCH3 is 1. The zero-order valence-electron chi connectivity index (χ0n) is 17.1. The molecule has 1 unspecified atom stereocenters. The molecule has 3 aromatic rings. The molecule has 1 aromatic carbocycles. The summed E-state index contributed by atoms with van der Waals surface area (Å²) in [5.74, 6) is 0.553. The summed E-state index contributed by atoms with van der Waals surface area (Å²) in [6.45, 7) is 4.60. The largest absolute Gasteiger partial charge is 0.389 e. The van der Waals surface area contributed by atoms with E-state index >= 15 is 0 Å². The summed E-state index contributed by atoms with van der Waals surface area (Å²) >= 11 is 7.41. The van der Waals surface area contributed by atoms with Gasteiger partial charge in [-0.1, -0.05) is 23.7 Å².